The minimum absolute atomic E-state index is 0.179. The number of carbonyl (C=O) groups is 1. The van der Waals surface area contributed by atoms with Crippen molar-refractivity contribution in [3.05, 3.63) is 68.5 Å². The van der Waals surface area contributed by atoms with Gasteiger partial charge in [0.15, 0.2) is 11.3 Å². The van der Waals surface area contributed by atoms with Crippen molar-refractivity contribution in [2.24, 2.45) is 0 Å². The number of rotatable bonds is 4. The maximum absolute atomic E-state index is 12.9. The summed E-state index contributed by atoms with van der Waals surface area (Å²) in [5.41, 5.74) is 2.38. The van der Waals surface area contributed by atoms with E-state index in [1.165, 1.54) is 0 Å². The Labute approximate surface area is 173 Å². The van der Waals surface area contributed by atoms with E-state index >= 15 is 0 Å². The lowest BCUT2D eigenvalue weighted by molar-refractivity contribution is 0.102. The molecule has 0 unspecified atom stereocenters. The minimum Gasteiger partial charge on any atom is -0.487 e. The highest BCUT2D eigenvalue weighted by atomic mass is 35.5. The van der Waals surface area contributed by atoms with Crippen LogP contribution in [0.1, 0.15) is 48.2 Å². The molecular weight excluding hydrogens is 390 g/mol. The predicted octanol–water partition coefficient (Wildman–Crippen LogP) is 5.36. The molecule has 0 spiro atoms. The van der Waals surface area contributed by atoms with Gasteiger partial charge < -0.3 is 14.5 Å². The standard InChI is InChI=1S/C23H22ClNO4/c1-13(2)28-21-18(24)12-17-15-10-6-7-11-16(15)23(27)29-20(17)19(21)25-22(26)14-8-4-3-5-9-14/h3-5,8-9,12-13H,6-7,10-11H2,1-2H3,(H,25,26). The molecule has 1 aliphatic rings. The number of carbonyl (C=O) groups excluding carboxylic acids is 1. The van der Waals surface area contributed by atoms with Gasteiger partial charge in [-0.25, -0.2) is 4.79 Å². The first-order valence-electron chi connectivity index (χ1n) is 9.80. The van der Waals surface area contributed by atoms with Crippen LogP contribution in [0.15, 0.2) is 45.6 Å². The van der Waals surface area contributed by atoms with E-state index in [9.17, 15) is 9.59 Å². The molecule has 0 saturated carbocycles. The van der Waals surface area contributed by atoms with Gasteiger partial charge in [-0.3, -0.25) is 4.79 Å². The van der Waals surface area contributed by atoms with Crippen LogP contribution in [0.2, 0.25) is 5.02 Å². The normalized spacial score (nSPS) is 13.4. The Morgan fingerprint density at radius 3 is 2.52 bits per heavy atom. The fourth-order valence-corrected chi connectivity index (χ4v) is 4.02. The number of hydrogen-bond acceptors (Lipinski definition) is 4. The maximum Gasteiger partial charge on any atom is 0.339 e. The maximum atomic E-state index is 12.9. The molecule has 1 aromatic heterocycles. The summed E-state index contributed by atoms with van der Waals surface area (Å²) in [6.07, 6.45) is 3.26. The molecule has 0 aliphatic heterocycles. The monoisotopic (exact) mass is 411 g/mol. The number of benzene rings is 2. The molecule has 3 aromatic rings. The predicted molar refractivity (Wildman–Crippen MR) is 114 cm³/mol. The molecule has 0 atom stereocenters. The largest absolute Gasteiger partial charge is 0.487 e. The van der Waals surface area contributed by atoms with Gasteiger partial charge >= 0.3 is 5.63 Å². The van der Waals surface area contributed by atoms with Crippen molar-refractivity contribution in [3.63, 3.8) is 0 Å². The van der Waals surface area contributed by atoms with E-state index in [1.807, 2.05) is 19.9 Å². The first-order chi connectivity index (χ1) is 14.0. The third kappa shape index (κ3) is 3.75. The fraction of sp³-hybridized carbons (Fsp3) is 0.304. The van der Waals surface area contributed by atoms with Crippen LogP contribution in [-0.2, 0) is 12.8 Å². The Kier molecular flexibility index (Phi) is 5.33. The summed E-state index contributed by atoms with van der Waals surface area (Å²) >= 11 is 6.57. The smallest absolute Gasteiger partial charge is 0.339 e. The number of nitrogens with one attached hydrogen (secondary N) is 1. The van der Waals surface area contributed by atoms with Crippen LogP contribution in [-0.4, -0.2) is 12.0 Å². The Balaban J connectivity index is 1.94. The average molecular weight is 412 g/mol. The molecule has 0 fully saturated rings. The van der Waals surface area contributed by atoms with Crippen molar-refractivity contribution in [2.75, 3.05) is 5.32 Å². The number of fused-ring (bicyclic) bond motifs is 3. The highest BCUT2D eigenvalue weighted by Crippen LogP contribution is 2.42. The lowest BCUT2D eigenvalue weighted by Gasteiger charge is -2.21. The summed E-state index contributed by atoms with van der Waals surface area (Å²) < 4.78 is 11.6. The summed E-state index contributed by atoms with van der Waals surface area (Å²) in [4.78, 5) is 25.5. The molecule has 150 valence electrons. The highest BCUT2D eigenvalue weighted by molar-refractivity contribution is 6.34. The van der Waals surface area contributed by atoms with Crippen LogP contribution >= 0.6 is 11.6 Å². The van der Waals surface area contributed by atoms with E-state index < -0.39 is 0 Å². The molecule has 5 nitrogen and oxygen atoms in total. The first-order valence-corrected chi connectivity index (χ1v) is 10.2. The van der Waals surface area contributed by atoms with Crippen LogP contribution in [0.25, 0.3) is 11.0 Å². The lowest BCUT2D eigenvalue weighted by Crippen LogP contribution is -2.19. The van der Waals surface area contributed by atoms with Crippen LogP contribution in [0, 0.1) is 0 Å². The molecule has 1 amide bonds. The molecule has 1 heterocycles. The number of anilines is 1. The Hall–Kier alpha value is -2.79. The van der Waals surface area contributed by atoms with Gasteiger partial charge in [0.2, 0.25) is 0 Å². The van der Waals surface area contributed by atoms with Gasteiger partial charge in [0, 0.05) is 16.5 Å². The molecule has 4 rings (SSSR count). The third-order valence-corrected chi connectivity index (χ3v) is 5.33. The Morgan fingerprint density at radius 1 is 1.14 bits per heavy atom. The summed E-state index contributed by atoms with van der Waals surface area (Å²) in [5.74, 6) is -0.0273. The molecule has 0 bridgehead atoms. The Bertz CT molecular complexity index is 1140. The first kappa shape index (κ1) is 19.5. The zero-order valence-electron chi connectivity index (χ0n) is 16.4. The second-order valence-corrected chi connectivity index (χ2v) is 7.89. The van der Waals surface area contributed by atoms with Crippen molar-refractivity contribution in [3.8, 4) is 5.75 Å². The summed E-state index contributed by atoms with van der Waals surface area (Å²) in [7, 11) is 0. The van der Waals surface area contributed by atoms with E-state index in [0.717, 1.165) is 30.2 Å². The van der Waals surface area contributed by atoms with Crippen molar-refractivity contribution in [2.45, 2.75) is 45.6 Å². The zero-order chi connectivity index (χ0) is 20.5. The minimum atomic E-state index is -0.361. The van der Waals surface area contributed by atoms with E-state index in [0.29, 0.717) is 39.6 Å². The van der Waals surface area contributed by atoms with Gasteiger partial charge in [0.1, 0.15) is 5.69 Å². The van der Waals surface area contributed by atoms with Crippen LogP contribution in [0.3, 0.4) is 0 Å². The molecule has 29 heavy (non-hydrogen) atoms. The quantitative estimate of drug-likeness (QED) is 0.586. The second kappa shape index (κ2) is 7.91. The molecule has 0 radical (unpaired) electrons. The summed E-state index contributed by atoms with van der Waals surface area (Å²) in [6.45, 7) is 3.73. The summed E-state index contributed by atoms with van der Waals surface area (Å²) in [5, 5.41) is 3.99. The van der Waals surface area contributed by atoms with Crippen LogP contribution < -0.4 is 15.7 Å². The van der Waals surface area contributed by atoms with E-state index in [2.05, 4.69) is 5.32 Å². The van der Waals surface area contributed by atoms with Gasteiger partial charge in [-0.05, 0) is 63.3 Å². The number of ether oxygens (including phenoxy) is 1. The van der Waals surface area contributed by atoms with Crippen molar-refractivity contribution >= 4 is 34.2 Å². The van der Waals surface area contributed by atoms with Gasteiger partial charge in [-0.15, -0.1) is 0 Å². The van der Waals surface area contributed by atoms with Crippen LogP contribution in [0.5, 0.6) is 5.75 Å². The number of aryl methyl sites for hydroxylation is 1. The number of amides is 1. The van der Waals surface area contributed by atoms with Gasteiger partial charge in [-0.1, -0.05) is 29.8 Å². The van der Waals surface area contributed by atoms with Crippen molar-refractivity contribution in [1.29, 1.82) is 0 Å². The number of hydrogen-bond donors (Lipinski definition) is 1. The molecule has 0 saturated heterocycles. The van der Waals surface area contributed by atoms with Crippen LogP contribution in [0.4, 0.5) is 5.69 Å². The molecule has 1 N–H and O–H groups in total. The second-order valence-electron chi connectivity index (χ2n) is 7.48. The van der Waals surface area contributed by atoms with Gasteiger partial charge in [0.25, 0.3) is 5.91 Å². The molecule has 6 heteroatoms. The zero-order valence-corrected chi connectivity index (χ0v) is 17.1. The Morgan fingerprint density at radius 2 is 1.83 bits per heavy atom. The van der Waals surface area contributed by atoms with Crippen molar-refractivity contribution < 1.29 is 13.9 Å². The fourth-order valence-electron chi connectivity index (χ4n) is 3.77. The van der Waals surface area contributed by atoms with E-state index in [1.54, 1.807) is 30.3 Å². The molecule has 2 aromatic carbocycles. The SMILES string of the molecule is CC(C)Oc1c(Cl)cc2c3c(c(=O)oc2c1NC(=O)c1ccccc1)CCCC3. The molecular formula is C23H22ClNO4. The molecule has 1 aliphatic carbocycles. The van der Waals surface area contributed by atoms with Crippen molar-refractivity contribution in [1.82, 2.24) is 0 Å². The van der Waals surface area contributed by atoms with E-state index in [4.69, 9.17) is 20.8 Å². The van der Waals surface area contributed by atoms with Gasteiger partial charge in [0.05, 0.1) is 11.1 Å². The average Bonchev–Trinajstić information content (AvgIpc) is 2.72. The number of halogens is 1. The topological polar surface area (TPSA) is 68.5 Å². The van der Waals surface area contributed by atoms with Gasteiger partial charge in [-0.2, -0.15) is 0 Å². The third-order valence-electron chi connectivity index (χ3n) is 5.05. The van der Waals surface area contributed by atoms with E-state index in [-0.39, 0.29) is 17.6 Å². The highest BCUT2D eigenvalue weighted by Gasteiger charge is 2.25. The summed E-state index contributed by atoms with van der Waals surface area (Å²) in [6, 6.07) is 10.6. The lowest BCUT2D eigenvalue weighted by atomic mass is 9.90.